The molecule has 1 aliphatic heterocycles. The van der Waals surface area contributed by atoms with Crippen LogP contribution in [0.3, 0.4) is 0 Å². The minimum absolute atomic E-state index is 0.0391. The SMILES string of the molecule is NCCCCN1C(=O)C(c2ccccc2)(c2ccccc2)N=C1NC(=O)O. The molecular formula is C20H22N4O3. The molecule has 4 N–H and O–H groups in total. The molecule has 2 amide bonds. The third kappa shape index (κ3) is 3.54. The molecule has 1 heterocycles. The Morgan fingerprint density at radius 2 is 1.59 bits per heavy atom. The molecule has 0 fully saturated rings. The summed E-state index contributed by atoms with van der Waals surface area (Å²) in [7, 11) is 0. The number of carbonyl (C=O) groups is 2. The number of nitrogens with two attached hydrogens (primary N) is 1. The van der Waals surface area contributed by atoms with Crippen LogP contribution in [0.2, 0.25) is 0 Å². The maximum Gasteiger partial charge on any atom is 0.411 e. The minimum atomic E-state index is -1.32. The molecule has 0 radical (unpaired) electrons. The molecule has 7 nitrogen and oxygen atoms in total. The Labute approximate surface area is 157 Å². The van der Waals surface area contributed by atoms with Gasteiger partial charge in [0, 0.05) is 6.54 Å². The zero-order chi connectivity index (χ0) is 19.3. The van der Waals surface area contributed by atoms with E-state index in [1.807, 2.05) is 60.7 Å². The molecule has 0 spiro atoms. The highest BCUT2D eigenvalue weighted by atomic mass is 16.4. The molecule has 2 aromatic rings. The second-order valence-corrected chi connectivity index (χ2v) is 6.26. The van der Waals surface area contributed by atoms with Gasteiger partial charge in [0.05, 0.1) is 0 Å². The average Bonchev–Trinajstić information content (AvgIpc) is 2.96. The lowest BCUT2D eigenvalue weighted by Gasteiger charge is -2.27. The van der Waals surface area contributed by atoms with E-state index in [-0.39, 0.29) is 11.9 Å². The van der Waals surface area contributed by atoms with E-state index in [9.17, 15) is 14.7 Å². The maximum absolute atomic E-state index is 13.6. The van der Waals surface area contributed by atoms with Crippen LogP contribution in [0, 0.1) is 0 Å². The Bertz CT molecular complexity index is 797. The molecule has 0 atom stereocenters. The number of amides is 2. The number of unbranched alkanes of at least 4 members (excludes halogenated alkanes) is 1. The molecule has 27 heavy (non-hydrogen) atoms. The maximum atomic E-state index is 13.6. The van der Waals surface area contributed by atoms with Crippen molar-refractivity contribution in [2.24, 2.45) is 10.7 Å². The fraction of sp³-hybridized carbons (Fsp3) is 0.250. The van der Waals surface area contributed by atoms with Crippen molar-refractivity contribution in [1.29, 1.82) is 0 Å². The predicted octanol–water partition coefficient (Wildman–Crippen LogP) is 2.13. The number of nitrogens with one attached hydrogen (secondary N) is 1. The van der Waals surface area contributed by atoms with Gasteiger partial charge in [-0.15, -0.1) is 0 Å². The molecule has 140 valence electrons. The number of rotatable bonds is 6. The van der Waals surface area contributed by atoms with Crippen molar-refractivity contribution in [1.82, 2.24) is 10.2 Å². The summed E-state index contributed by atoms with van der Waals surface area (Å²) in [4.78, 5) is 30.9. The Morgan fingerprint density at radius 1 is 1.04 bits per heavy atom. The number of guanidine groups is 1. The van der Waals surface area contributed by atoms with Gasteiger partial charge in [0.15, 0.2) is 5.54 Å². The summed E-state index contributed by atoms with van der Waals surface area (Å²) < 4.78 is 0. The summed E-state index contributed by atoms with van der Waals surface area (Å²) >= 11 is 0. The zero-order valence-corrected chi connectivity index (χ0v) is 14.8. The molecular weight excluding hydrogens is 344 g/mol. The second kappa shape index (κ2) is 8.01. The average molecular weight is 366 g/mol. The first kappa shape index (κ1) is 18.6. The van der Waals surface area contributed by atoms with Crippen LogP contribution < -0.4 is 11.1 Å². The van der Waals surface area contributed by atoms with Gasteiger partial charge >= 0.3 is 6.09 Å². The van der Waals surface area contributed by atoms with Gasteiger partial charge in [-0.25, -0.2) is 9.79 Å². The number of nitrogens with zero attached hydrogens (tertiary/aromatic N) is 2. The normalized spacial score (nSPS) is 15.5. The highest BCUT2D eigenvalue weighted by molar-refractivity contribution is 6.12. The Hall–Kier alpha value is -3.19. The van der Waals surface area contributed by atoms with Crippen molar-refractivity contribution in [2.45, 2.75) is 18.4 Å². The Balaban J connectivity index is 2.13. The number of carbonyl (C=O) groups excluding carboxylic acids is 1. The number of carboxylic acid groups (broad SMARTS) is 1. The van der Waals surface area contributed by atoms with E-state index < -0.39 is 11.6 Å². The van der Waals surface area contributed by atoms with E-state index in [2.05, 4.69) is 10.3 Å². The Kier molecular flexibility index (Phi) is 5.52. The van der Waals surface area contributed by atoms with E-state index in [4.69, 9.17) is 5.73 Å². The largest absolute Gasteiger partial charge is 0.465 e. The summed E-state index contributed by atoms with van der Waals surface area (Å²) in [6, 6.07) is 18.4. The summed E-state index contributed by atoms with van der Waals surface area (Å²) in [5, 5.41) is 11.5. The van der Waals surface area contributed by atoms with E-state index >= 15 is 0 Å². The van der Waals surface area contributed by atoms with Crippen molar-refractivity contribution in [3.8, 4) is 0 Å². The topological polar surface area (TPSA) is 108 Å². The highest BCUT2D eigenvalue weighted by Gasteiger charge is 2.51. The molecule has 7 heteroatoms. The fourth-order valence-electron chi connectivity index (χ4n) is 3.27. The van der Waals surface area contributed by atoms with E-state index in [0.29, 0.717) is 30.6 Å². The predicted molar refractivity (Wildman–Crippen MR) is 102 cm³/mol. The molecule has 0 saturated carbocycles. The van der Waals surface area contributed by atoms with Crippen LogP contribution in [0.5, 0.6) is 0 Å². The smallest absolute Gasteiger partial charge is 0.411 e. The molecule has 0 unspecified atom stereocenters. The minimum Gasteiger partial charge on any atom is -0.465 e. The standard InChI is InChI=1S/C20H22N4O3/c21-13-7-8-14-24-17(25)20(15-9-3-1-4-10-15,16-11-5-2-6-12-16)23-18(24)22-19(26)27/h1-6,9-12H,7-8,13-14,21H2,(H,22,23)(H,26,27). The second-order valence-electron chi connectivity index (χ2n) is 6.26. The van der Waals surface area contributed by atoms with E-state index in [1.165, 1.54) is 4.90 Å². The first-order valence-electron chi connectivity index (χ1n) is 8.82. The summed E-state index contributed by atoms with van der Waals surface area (Å²) in [5.41, 5.74) is 5.61. The van der Waals surface area contributed by atoms with Crippen LogP contribution in [0.25, 0.3) is 0 Å². The van der Waals surface area contributed by atoms with Crippen molar-refractivity contribution >= 4 is 18.0 Å². The summed E-state index contributed by atoms with van der Waals surface area (Å²) in [6.07, 6.45) is 0.123. The van der Waals surface area contributed by atoms with Gasteiger partial charge in [-0.05, 0) is 30.5 Å². The number of hydrogen-bond donors (Lipinski definition) is 3. The van der Waals surface area contributed by atoms with Gasteiger partial charge in [-0.1, -0.05) is 60.7 Å². The molecule has 3 rings (SSSR count). The molecule has 0 saturated heterocycles. The van der Waals surface area contributed by atoms with Gasteiger partial charge in [0.1, 0.15) is 0 Å². The quantitative estimate of drug-likeness (QED) is 0.681. The van der Waals surface area contributed by atoms with Crippen molar-refractivity contribution < 1.29 is 14.7 Å². The first-order chi connectivity index (χ1) is 13.1. The van der Waals surface area contributed by atoms with E-state index in [1.54, 1.807) is 0 Å². The Morgan fingerprint density at radius 3 is 2.07 bits per heavy atom. The van der Waals surface area contributed by atoms with Crippen molar-refractivity contribution in [3.05, 3.63) is 71.8 Å². The van der Waals surface area contributed by atoms with Gasteiger partial charge in [0.2, 0.25) is 5.96 Å². The van der Waals surface area contributed by atoms with Gasteiger partial charge in [-0.2, -0.15) is 0 Å². The highest BCUT2D eigenvalue weighted by Crippen LogP contribution is 2.39. The fourth-order valence-corrected chi connectivity index (χ4v) is 3.27. The molecule has 0 aliphatic carbocycles. The number of benzene rings is 2. The van der Waals surface area contributed by atoms with Crippen LogP contribution in [-0.4, -0.2) is 41.1 Å². The molecule has 2 aromatic carbocycles. The summed E-state index contributed by atoms with van der Waals surface area (Å²) in [5.74, 6) is -0.238. The molecule has 1 aliphatic rings. The monoisotopic (exact) mass is 366 g/mol. The van der Waals surface area contributed by atoms with Crippen LogP contribution in [0.1, 0.15) is 24.0 Å². The van der Waals surface area contributed by atoms with Crippen LogP contribution in [-0.2, 0) is 10.3 Å². The lowest BCUT2D eigenvalue weighted by molar-refractivity contribution is -0.130. The van der Waals surface area contributed by atoms with Gasteiger partial charge in [-0.3, -0.25) is 15.0 Å². The number of aliphatic imine (C=N–C) groups is 1. The van der Waals surface area contributed by atoms with Crippen LogP contribution in [0.4, 0.5) is 4.79 Å². The van der Waals surface area contributed by atoms with Crippen molar-refractivity contribution in [3.63, 3.8) is 0 Å². The van der Waals surface area contributed by atoms with Gasteiger partial charge < -0.3 is 10.8 Å². The van der Waals surface area contributed by atoms with Gasteiger partial charge in [0.25, 0.3) is 5.91 Å². The molecule has 0 aromatic heterocycles. The zero-order valence-electron chi connectivity index (χ0n) is 14.8. The lowest BCUT2D eigenvalue weighted by Crippen LogP contribution is -2.46. The number of hydrogen-bond acceptors (Lipinski definition) is 4. The summed E-state index contributed by atoms with van der Waals surface area (Å²) in [6.45, 7) is 0.847. The van der Waals surface area contributed by atoms with E-state index in [0.717, 1.165) is 6.42 Å². The molecule has 0 bridgehead atoms. The third-order valence-corrected chi connectivity index (χ3v) is 4.52. The van der Waals surface area contributed by atoms with Crippen LogP contribution >= 0.6 is 0 Å². The van der Waals surface area contributed by atoms with Crippen LogP contribution in [0.15, 0.2) is 65.7 Å². The van der Waals surface area contributed by atoms with Crippen molar-refractivity contribution in [2.75, 3.05) is 13.1 Å². The third-order valence-electron chi connectivity index (χ3n) is 4.52. The first-order valence-corrected chi connectivity index (χ1v) is 8.82. The lowest BCUT2D eigenvalue weighted by atomic mass is 9.83.